The lowest BCUT2D eigenvalue weighted by Crippen LogP contribution is -2.52. The van der Waals surface area contributed by atoms with Crippen LogP contribution in [0.2, 0.25) is 0 Å². The number of carbonyl (C=O) groups is 3. The maximum atomic E-state index is 12.2. The Morgan fingerprint density at radius 2 is 1.77 bits per heavy atom. The second-order valence-electron chi connectivity index (χ2n) is 5.33. The van der Waals surface area contributed by atoms with E-state index in [1.165, 1.54) is 24.3 Å². The molecule has 0 unspecified atom stereocenters. The topological polar surface area (TPSA) is 119 Å². The Bertz CT molecular complexity index is 576. The first kappa shape index (κ1) is 15.8. The average molecular weight is 306 g/mol. The second kappa shape index (κ2) is 6.46. The Morgan fingerprint density at radius 3 is 2.27 bits per heavy atom. The van der Waals surface area contributed by atoms with Gasteiger partial charge in [0.25, 0.3) is 11.8 Å². The first-order valence-corrected chi connectivity index (χ1v) is 7.00. The quantitative estimate of drug-likeness (QED) is 0.714. The monoisotopic (exact) mass is 306 g/mol. The summed E-state index contributed by atoms with van der Waals surface area (Å²) in [6.07, 6.45) is 2.45. The molecule has 7 heteroatoms. The van der Waals surface area contributed by atoms with Gasteiger partial charge in [-0.3, -0.25) is 9.59 Å². The third-order valence-electron chi connectivity index (χ3n) is 3.72. The highest BCUT2D eigenvalue weighted by atomic mass is 16.5. The number of carboxylic acids is 1. The van der Waals surface area contributed by atoms with Crippen molar-refractivity contribution in [2.45, 2.75) is 31.2 Å². The molecular formula is C15H18N2O5. The van der Waals surface area contributed by atoms with Gasteiger partial charge in [-0.25, -0.2) is 4.79 Å². The molecule has 0 spiro atoms. The summed E-state index contributed by atoms with van der Waals surface area (Å²) in [4.78, 5) is 34.2. The average Bonchev–Trinajstić information content (AvgIpc) is 2.95. The standard InChI is InChI=1S/C15H18N2O5/c16-12(18)9-22-11-5-3-10(4-6-11)13(19)17-15(14(20)21)7-1-2-8-15/h3-6H,1-2,7-9H2,(H2,16,18)(H,17,19)(H,20,21). The van der Waals surface area contributed by atoms with Crippen LogP contribution >= 0.6 is 0 Å². The van der Waals surface area contributed by atoms with E-state index in [0.29, 0.717) is 24.2 Å². The van der Waals surface area contributed by atoms with Crippen molar-refractivity contribution in [3.05, 3.63) is 29.8 Å². The fourth-order valence-corrected chi connectivity index (χ4v) is 2.52. The van der Waals surface area contributed by atoms with Crippen molar-refractivity contribution < 1.29 is 24.2 Å². The van der Waals surface area contributed by atoms with E-state index in [0.717, 1.165) is 12.8 Å². The molecule has 0 aliphatic heterocycles. The number of carboxylic acid groups (broad SMARTS) is 1. The van der Waals surface area contributed by atoms with Crippen LogP contribution in [0.5, 0.6) is 5.75 Å². The lowest BCUT2D eigenvalue weighted by molar-refractivity contribution is -0.144. The van der Waals surface area contributed by atoms with E-state index in [9.17, 15) is 19.5 Å². The number of nitrogens with one attached hydrogen (secondary N) is 1. The number of rotatable bonds is 6. The van der Waals surface area contributed by atoms with Crippen molar-refractivity contribution in [3.8, 4) is 5.75 Å². The van der Waals surface area contributed by atoms with Crippen molar-refractivity contribution in [3.63, 3.8) is 0 Å². The van der Waals surface area contributed by atoms with E-state index in [1.807, 2.05) is 0 Å². The molecule has 0 radical (unpaired) electrons. The number of benzene rings is 1. The van der Waals surface area contributed by atoms with Crippen LogP contribution in [0.15, 0.2) is 24.3 Å². The predicted octanol–water partition coefficient (Wildman–Crippen LogP) is 0.678. The van der Waals surface area contributed by atoms with Gasteiger partial charge in [-0.15, -0.1) is 0 Å². The van der Waals surface area contributed by atoms with Gasteiger partial charge in [0.05, 0.1) is 0 Å². The van der Waals surface area contributed by atoms with Gasteiger partial charge in [0.1, 0.15) is 11.3 Å². The molecule has 118 valence electrons. The van der Waals surface area contributed by atoms with Crippen LogP contribution in [0.25, 0.3) is 0 Å². The minimum absolute atomic E-state index is 0.242. The number of hydrogen-bond acceptors (Lipinski definition) is 4. The van der Waals surface area contributed by atoms with Gasteiger partial charge in [-0.05, 0) is 37.1 Å². The van der Waals surface area contributed by atoms with Gasteiger partial charge in [-0.1, -0.05) is 12.8 Å². The largest absolute Gasteiger partial charge is 0.484 e. The van der Waals surface area contributed by atoms with E-state index in [2.05, 4.69) is 5.32 Å². The minimum atomic E-state index is -1.17. The fraction of sp³-hybridized carbons (Fsp3) is 0.400. The smallest absolute Gasteiger partial charge is 0.329 e. The Kier molecular flexibility index (Phi) is 4.65. The Morgan fingerprint density at radius 1 is 1.18 bits per heavy atom. The summed E-state index contributed by atoms with van der Waals surface area (Å²) >= 11 is 0. The molecule has 1 aliphatic rings. The SMILES string of the molecule is NC(=O)COc1ccc(C(=O)NC2(C(=O)O)CCCC2)cc1. The summed E-state index contributed by atoms with van der Waals surface area (Å²) in [6.45, 7) is -0.242. The van der Waals surface area contributed by atoms with Gasteiger partial charge in [0.15, 0.2) is 6.61 Å². The summed E-state index contributed by atoms with van der Waals surface area (Å²) in [7, 11) is 0. The second-order valence-corrected chi connectivity index (χ2v) is 5.33. The van der Waals surface area contributed by atoms with Crippen LogP contribution in [0.4, 0.5) is 0 Å². The molecular weight excluding hydrogens is 288 g/mol. The Hall–Kier alpha value is -2.57. The van der Waals surface area contributed by atoms with Crippen LogP contribution in [-0.4, -0.2) is 35.0 Å². The number of amides is 2. The van der Waals surface area contributed by atoms with E-state index in [1.54, 1.807) is 0 Å². The van der Waals surface area contributed by atoms with E-state index in [4.69, 9.17) is 10.5 Å². The molecule has 0 bridgehead atoms. The number of hydrogen-bond donors (Lipinski definition) is 3. The molecule has 4 N–H and O–H groups in total. The van der Waals surface area contributed by atoms with Crippen molar-refractivity contribution >= 4 is 17.8 Å². The molecule has 22 heavy (non-hydrogen) atoms. The van der Waals surface area contributed by atoms with E-state index in [-0.39, 0.29) is 6.61 Å². The zero-order chi connectivity index (χ0) is 16.2. The summed E-state index contributed by atoms with van der Waals surface area (Å²) in [5, 5.41) is 12.0. The third-order valence-corrected chi connectivity index (χ3v) is 3.72. The third kappa shape index (κ3) is 3.55. The zero-order valence-corrected chi connectivity index (χ0v) is 12.0. The first-order valence-electron chi connectivity index (χ1n) is 7.00. The molecule has 0 saturated heterocycles. The van der Waals surface area contributed by atoms with Gasteiger partial charge in [-0.2, -0.15) is 0 Å². The van der Waals surface area contributed by atoms with Crippen LogP contribution < -0.4 is 15.8 Å². The number of nitrogens with two attached hydrogens (primary N) is 1. The number of ether oxygens (including phenoxy) is 1. The molecule has 1 saturated carbocycles. The normalized spacial score (nSPS) is 16.0. The van der Waals surface area contributed by atoms with Crippen LogP contribution in [0.1, 0.15) is 36.0 Å². The molecule has 0 heterocycles. The lowest BCUT2D eigenvalue weighted by Gasteiger charge is -2.25. The highest BCUT2D eigenvalue weighted by molar-refractivity contribution is 5.98. The van der Waals surface area contributed by atoms with Crippen LogP contribution in [0.3, 0.4) is 0 Å². The Balaban J connectivity index is 2.03. The highest BCUT2D eigenvalue weighted by Gasteiger charge is 2.42. The number of primary amides is 1. The van der Waals surface area contributed by atoms with Crippen LogP contribution in [-0.2, 0) is 9.59 Å². The molecule has 2 rings (SSSR count). The summed E-state index contributed by atoms with van der Waals surface area (Å²) < 4.78 is 5.09. The van der Waals surface area contributed by atoms with Gasteiger partial charge >= 0.3 is 5.97 Å². The van der Waals surface area contributed by atoms with Crippen LogP contribution in [0, 0.1) is 0 Å². The molecule has 2 amide bonds. The van der Waals surface area contributed by atoms with Crippen molar-refractivity contribution in [1.82, 2.24) is 5.32 Å². The van der Waals surface area contributed by atoms with Gasteiger partial charge in [0, 0.05) is 5.56 Å². The van der Waals surface area contributed by atoms with E-state index < -0.39 is 23.3 Å². The molecule has 1 aliphatic carbocycles. The molecule has 1 fully saturated rings. The van der Waals surface area contributed by atoms with Crippen molar-refractivity contribution in [1.29, 1.82) is 0 Å². The minimum Gasteiger partial charge on any atom is -0.484 e. The molecule has 1 aromatic rings. The van der Waals surface area contributed by atoms with Crippen molar-refractivity contribution in [2.75, 3.05) is 6.61 Å². The Labute approximate surface area is 127 Å². The molecule has 1 aromatic carbocycles. The van der Waals surface area contributed by atoms with Gasteiger partial charge in [0.2, 0.25) is 0 Å². The first-order chi connectivity index (χ1) is 10.4. The summed E-state index contributed by atoms with van der Waals surface area (Å²) in [6, 6.07) is 6.08. The van der Waals surface area contributed by atoms with Gasteiger partial charge < -0.3 is 20.9 Å². The van der Waals surface area contributed by atoms with Crippen molar-refractivity contribution in [2.24, 2.45) is 5.73 Å². The number of aliphatic carboxylic acids is 1. The zero-order valence-electron chi connectivity index (χ0n) is 12.0. The lowest BCUT2D eigenvalue weighted by atomic mass is 9.97. The summed E-state index contributed by atoms with van der Waals surface area (Å²) in [5.41, 5.74) is 4.13. The fourth-order valence-electron chi connectivity index (χ4n) is 2.52. The molecule has 0 aromatic heterocycles. The predicted molar refractivity (Wildman–Crippen MR) is 77.4 cm³/mol. The summed E-state index contributed by atoms with van der Waals surface area (Å²) in [5.74, 6) is -1.62. The van der Waals surface area contributed by atoms with E-state index >= 15 is 0 Å². The highest BCUT2D eigenvalue weighted by Crippen LogP contribution is 2.30. The molecule has 0 atom stereocenters. The molecule has 7 nitrogen and oxygen atoms in total. The maximum Gasteiger partial charge on any atom is 0.329 e. The maximum absolute atomic E-state index is 12.2. The number of carbonyl (C=O) groups excluding carboxylic acids is 2.